The molecule has 0 unspecified atom stereocenters. The highest BCUT2D eigenvalue weighted by atomic mass is 79.9. The largest absolute Gasteiger partial charge is 0.397 e. The number of hydrogen-bond acceptors (Lipinski definition) is 2. The van der Waals surface area contributed by atoms with E-state index in [1.807, 2.05) is 18.2 Å². The maximum Gasteiger partial charge on any atom is 0.0603 e. The highest BCUT2D eigenvalue weighted by Gasteiger charge is 2.01. The van der Waals surface area contributed by atoms with E-state index in [1.165, 1.54) is 0 Å². The molecule has 0 radical (unpaired) electrons. The Balaban J connectivity index is 0.000000191. The third kappa shape index (κ3) is 5.27. The van der Waals surface area contributed by atoms with Crippen LogP contribution in [0.4, 0.5) is 11.4 Å². The molecular formula is C12H9Br4ClN2. The molecule has 0 saturated carbocycles. The number of halogens is 5. The molecule has 0 aromatic heterocycles. The second-order valence-corrected chi connectivity index (χ2v) is 7.27. The molecule has 4 N–H and O–H groups in total. The van der Waals surface area contributed by atoms with Gasteiger partial charge >= 0.3 is 0 Å². The summed E-state index contributed by atoms with van der Waals surface area (Å²) >= 11 is 18.8. The third-order valence-corrected chi connectivity index (χ3v) is 4.96. The van der Waals surface area contributed by atoms with Crippen LogP contribution in [0.15, 0.2) is 48.2 Å². The zero-order chi connectivity index (χ0) is 14.6. The Morgan fingerprint density at radius 2 is 1.11 bits per heavy atom. The van der Waals surface area contributed by atoms with Crippen molar-refractivity contribution in [2.75, 3.05) is 11.5 Å². The van der Waals surface area contributed by atoms with Crippen LogP contribution in [0, 0.1) is 0 Å². The minimum atomic E-state index is 0.660. The summed E-state index contributed by atoms with van der Waals surface area (Å²) in [6, 6.07) is 9.23. The van der Waals surface area contributed by atoms with E-state index in [1.54, 1.807) is 12.1 Å². The van der Waals surface area contributed by atoms with Gasteiger partial charge in [-0.15, -0.1) is 0 Å². The molecule has 2 aromatic carbocycles. The second kappa shape index (κ2) is 7.88. The van der Waals surface area contributed by atoms with E-state index in [9.17, 15) is 0 Å². The van der Waals surface area contributed by atoms with E-state index < -0.39 is 0 Å². The number of rotatable bonds is 0. The SMILES string of the molecule is Nc1c(Br)cc(Cl)cc1Br.Nc1c(Br)cccc1Br. The lowest BCUT2D eigenvalue weighted by Gasteiger charge is -2.00. The average molecular weight is 536 g/mol. The van der Waals surface area contributed by atoms with Crippen LogP contribution in [-0.4, -0.2) is 0 Å². The number of anilines is 2. The van der Waals surface area contributed by atoms with Crippen LogP contribution < -0.4 is 11.5 Å². The standard InChI is InChI=1S/C6H4Br2ClN.C6H5Br2N/c7-4-1-3(9)2-5(8)6(4)10;7-4-2-1-3-5(8)6(4)9/h1-2H,10H2;1-3H,9H2. The van der Waals surface area contributed by atoms with E-state index in [0.717, 1.165) is 23.6 Å². The minimum absolute atomic E-state index is 0.660. The van der Waals surface area contributed by atoms with Crippen molar-refractivity contribution in [1.82, 2.24) is 0 Å². The summed E-state index contributed by atoms with van der Waals surface area (Å²) in [6.45, 7) is 0. The average Bonchev–Trinajstić information content (AvgIpc) is 2.33. The molecule has 0 aliphatic carbocycles. The molecule has 0 saturated heterocycles. The molecule has 0 fully saturated rings. The maximum absolute atomic E-state index is 5.71. The molecule has 0 aliphatic rings. The first-order valence-corrected chi connectivity index (χ1v) is 8.47. The van der Waals surface area contributed by atoms with Gasteiger partial charge in [0.05, 0.1) is 11.4 Å². The van der Waals surface area contributed by atoms with E-state index in [4.69, 9.17) is 23.1 Å². The summed E-state index contributed by atoms with van der Waals surface area (Å²) in [5.74, 6) is 0. The fourth-order valence-electron chi connectivity index (χ4n) is 1.06. The monoisotopic (exact) mass is 532 g/mol. The fraction of sp³-hybridized carbons (Fsp3) is 0. The molecule has 0 aliphatic heterocycles. The van der Waals surface area contributed by atoms with Gasteiger partial charge in [-0.2, -0.15) is 0 Å². The van der Waals surface area contributed by atoms with E-state index in [0.29, 0.717) is 10.7 Å². The van der Waals surface area contributed by atoms with Crippen molar-refractivity contribution in [3.05, 3.63) is 53.2 Å². The van der Waals surface area contributed by atoms with Crippen LogP contribution in [0.5, 0.6) is 0 Å². The number of benzene rings is 2. The van der Waals surface area contributed by atoms with Crippen molar-refractivity contribution in [1.29, 1.82) is 0 Å². The van der Waals surface area contributed by atoms with Crippen molar-refractivity contribution in [3.63, 3.8) is 0 Å². The summed E-state index contributed by atoms with van der Waals surface area (Å²) in [5.41, 5.74) is 12.6. The van der Waals surface area contributed by atoms with Gasteiger partial charge < -0.3 is 11.5 Å². The lowest BCUT2D eigenvalue weighted by atomic mass is 10.3. The van der Waals surface area contributed by atoms with Crippen LogP contribution in [0.1, 0.15) is 0 Å². The zero-order valence-corrected chi connectivity index (χ0v) is 16.5. The Labute approximate surface area is 150 Å². The fourth-order valence-corrected chi connectivity index (χ4v) is 3.73. The quantitative estimate of drug-likeness (QED) is 0.392. The van der Waals surface area contributed by atoms with Gasteiger partial charge in [-0.1, -0.05) is 17.7 Å². The number of nitrogen functional groups attached to an aromatic ring is 2. The van der Waals surface area contributed by atoms with E-state index in [-0.39, 0.29) is 0 Å². The van der Waals surface area contributed by atoms with Gasteiger partial charge in [0.2, 0.25) is 0 Å². The molecule has 0 atom stereocenters. The van der Waals surface area contributed by atoms with Crippen molar-refractivity contribution >= 4 is 86.7 Å². The summed E-state index contributed by atoms with van der Waals surface area (Å²) in [6.07, 6.45) is 0. The van der Waals surface area contributed by atoms with Gasteiger partial charge in [-0.05, 0) is 88.0 Å². The van der Waals surface area contributed by atoms with Gasteiger partial charge in [0.25, 0.3) is 0 Å². The Morgan fingerprint density at radius 3 is 1.47 bits per heavy atom. The zero-order valence-electron chi connectivity index (χ0n) is 9.43. The minimum Gasteiger partial charge on any atom is -0.397 e. The topological polar surface area (TPSA) is 52.0 Å². The molecule has 7 heteroatoms. The molecule has 0 bridgehead atoms. The first kappa shape index (κ1) is 17.3. The van der Waals surface area contributed by atoms with Crippen LogP contribution in [0.3, 0.4) is 0 Å². The predicted octanol–water partition coefficient (Wildman–Crippen LogP) is 6.24. The van der Waals surface area contributed by atoms with Gasteiger partial charge in [0.1, 0.15) is 0 Å². The molecule has 0 spiro atoms. The highest BCUT2D eigenvalue weighted by molar-refractivity contribution is 9.11. The van der Waals surface area contributed by atoms with Crippen molar-refractivity contribution in [2.45, 2.75) is 0 Å². The molecule has 0 amide bonds. The van der Waals surface area contributed by atoms with Crippen LogP contribution >= 0.6 is 75.3 Å². The van der Waals surface area contributed by atoms with Crippen LogP contribution in [-0.2, 0) is 0 Å². The normalized spacial score (nSPS) is 9.74. The Bertz CT molecular complexity index is 547. The maximum atomic E-state index is 5.71. The first-order chi connectivity index (χ1) is 8.82. The summed E-state index contributed by atoms with van der Waals surface area (Å²) in [7, 11) is 0. The van der Waals surface area contributed by atoms with E-state index >= 15 is 0 Å². The third-order valence-electron chi connectivity index (χ3n) is 2.04. The molecule has 0 heterocycles. The van der Waals surface area contributed by atoms with E-state index in [2.05, 4.69) is 63.7 Å². The second-order valence-electron chi connectivity index (χ2n) is 3.42. The van der Waals surface area contributed by atoms with Crippen molar-refractivity contribution < 1.29 is 0 Å². The van der Waals surface area contributed by atoms with Crippen molar-refractivity contribution in [2.24, 2.45) is 0 Å². The molecule has 2 nitrogen and oxygen atoms in total. The summed E-state index contributed by atoms with van der Waals surface area (Å²) in [5, 5.41) is 0.660. The lowest BCUT2D eigenvalue weighted by Crippen LogP contribution is -1.87. The predicted molar refractivity (Wildman–Crippen MR) is 97.5 cm³/mol. The van der Waals surface area contributed by atoms with Gasteiger partial charge in [-0.3, -0.25) is 0 Å². The summed E-state index contributed by atoms with van der Waals surface area (Å²) in [4.78, 5) is 0. The Morgan fingerprint density at radius 1 is 0.737 bits per heavy atom. The Hall–Kier alpha value is 0.250. The summed E-state index contributed by atoms with van der Waals surface area (Å²) < 4.78 is 3.48. The number of para-hydroxylation sites is 1. The Kier molecular flexibility index (Phi) is 7.18. The first-order valence-electron chi connectivity index (χ1n) is 4.92. The van der Waals surface area contributed by atoms with Gasteiger partial charge in [0.15, 0.2) is 0 Å². The number of hydrogen-bond donors (Lipinski definition) is 2. The van der Waals surface area contributed by atoms with Crippen molar-refractivity contribution in [3.8, 4) is 0 Å². The molecule has 19 heavy (non-hydrogen) atoms. The molecule has 2 rings (SSSR count). The molecular weight excluding hydrogens is 527 g/mol. The highest BCUT2D eigenvalue weighted by Crippen LogP contribution is 2.31. The molecule has 2 aromatic rings. The molecule has 102 valence electrons. The number of nitrogens with two attached hydrogens (primary N) is 2. The lowest BCUT2D eigenvalue weighted by molar-refractivity contribution is 1.59. The van der Waals surface area contributed by atoms with Crippen LogP contribution in [0.25, 0.3) is 0 Å². The van der Waals surface area contributed by atoms with Crippen LogP contribution in [0.2, 0.25) is 5.02 Å². The smallest absolute Gasteiger partial charge is 0.0603 e. The van der Waals surface area contributed by atoms with Gasteiger partial charge in [0, 0.05) is 22.9 Å². The van der Waals surface area contributed by atoms with Gasteiger partial charge in [-0.25, -0.2) is 0 Å².